The Balaban J connectivity index is 3.17. The van der Waals surface area contributed by atoms with Gasteiger partial charge in [0, 0.05) is 16.8 Å². The number of sulfone groups is 1. The second kappa shape index (κ2) is 3.65. The summed E-state index contributed by atoms with van der Waals surface area (Å²) in [6.45, 7) is 0. The van der Waals surface area contributed by atoms with Gasteiger partial charge >= 0.3 is 0 Å². The fraction of sp³-hybridized carbons (Fsp3) is 0.250. The maximum absolute atomic E-state index is 11.1. The van der Waals surface area contributed by atoms with E-state index in [0.717, 1.165) is 6.26 Å². The summed E-state index contributed by atoms with van der Waals surface area (Å²) >= 11 is 5.75. The second-order valence-electron chi connectivity index (χ2n) is 2.70. The molecule has 1 aromatic carbocycles. The van der Waals surface area contributed by atoms with Gasteiger partial charge in [-0.2, -0.15) is 0 Å². The van der Waals surface area contributed by atoms with Crippen molar-refractivity contribution in [3.05, 3.63) is 34.9 Å². The van der Waals surface area contributed by atoms with Crippen LogP contribution in [0.4, 0.5) is 0 Å². The lowest BCUT2D eigenvalue weighted by molar-refractivity contribution is 0.590. The highest BCUT2D eigenvalue weighted by atomic mass is 35.5. The van der Waals surface area contributed by atoms with Crippen molar-refractivity contribution in [1.82, 2.24) is 0 Å². The summed E-state index contributed by atoms with van der Waals surface area (Å²) in [6, 6.07) is 7.34. The molecule has 5 heteroatoms. The fourth-order valence-corrected chi connectivity index (χ4v) is 1.86. The first kappa shape index (κ1) is 10.5. The largest absolute Gasteiger partial charge is 0.311 e. The summed E-state index contributed by atoms with van der Waals surface area (Å²) < 4.78 is 22.2. The van der Waals surface area contributed by atoms with Crippen LogP contribution in [-0.2, 0) is 9.84 Å². The third-order valence-corrected chi connectivity index (χ3v) is 3.12. The maximum Gasteiger partial charge on any atom is 0.167 e. The van der Waals surface area contributed by atoms with Gasteiger partial charge in [0.15, 0.2) is 9.84 Å². The lowest BCUT2D eigenvalue weighted by Gasteiger charge is -2.10. The molecule has 1 rings (SSSR count). The van der Waals surface area contributed by atoms with E-state index in [4.69, 9.17) is 17.3 Å². The van der Waals surface area contributed by atoms with Crippen LogP contribution in [0.5, 0.6) is 0 Å². The Labute approximate surface area is 82.4 Å². The highest BCUT2D eigenvalue weighted by Crippen LogP contribution is 2.23. The van der Waals surface area contributed by atoms with Crippen molar-refractivity contribution in [3.63, 3.8) is 0 Å². The van der Waals surface area contributed by atoms with Crippen molar-refractivity contribution in [2.45, 2.75) is 5.37 Å². The predicted octanol–water partition coefficient (Wildman–Crippen LogP) is 1.14. The van der Waals surface area contributed by atoms with E-state index in [-0.39, 0.29) is 0 Å². The summed E-state index contributed by atoms with van der Waals surface area (Å²) in [5.74, 6) is 0. The van der Waals surface area contributed by atoms with Gasteiger partial charge in [-0.15, -0.1) is 0 Å². The summed E-state index contributed by atoms with van der Waals surface area (Å²) in [6.07, 6.45) is 1.07. The van der Waals surface area contributed by atoms with Crippen molar-refractivity contribution >= 4 is 21.4 Å². The van der Waals surface area contributed by atoms with Gasteiger partial charge in [-0.25, -0.2) is 8.42 Å². The molecule has 1 aromatic rings. The van der Waals surface area contributed by atoms with Crippen LogP contribution >= 0.6 is 11.6 Å². The molecule has 2 N–H and O–H groups in total. The fourth-order valence-electron chi connectivity index (χ4n) is 0.883. The van der Waals surface area contributed by atoms with E-state index in [9.17, 15) is 8.42 Å². The normalized spacial score (nSPS) is 14.1. The second-order valence-corrected chi connectivity index (χ2v) is 5.27. The van der Waals surface area contributed by atoms with Crippen LogP contribution < -0.4 is 5.73 Å². The molecule has 0 saturated heterocycles. The minimum absolute atomic E-state index is 0.320. The first-order valence-corrected chi connectivity index (χ1v) is 5.86. The lowest BCUT2D eigenvalue weighted by Crippen LogP contribution is -2.20. The molecule has 0 aliphatic rings. The van der Waals surface area contributed by atoms with E-state index in [0.29, 0.717) is 10.6 Å². The van der Waals surface area contributed by atoms with Gasteiger partial charge in [-0.3, -0.25) is 0 Å². The van der Waals surface area contributed by atoms with E-state index in [1.54, 1.807) is 12.1 Å². The molecule has 0 aromatic heterocycles. The molecule has 1 atom stereocenters. The van der Waals surface area contributed by atoms with Crippen molar-refractivity contribution in [3.8, 4) is 0 Å². The summed E-state index contributed by atoms with van der Waals surface area (Å²) in [5, 5.41) is -0.741. The molecule has 0 amide bonds. The van der Waals surface area contributed by atoms with Crippen LogP contribution in [0.1, 0.15) is 10.9 Å². The van der Waals surface area contributed by atoms with E-state index in [2.05, 4.69) is 6.07 Å². The van der Waals surface area contributed by atoms with Gasteiger partial charge in [0.1, 0.15) is 5.37 Å². The number of benzene rings is 1. The number of halogens is 1. The van der Waals surface area contributed by atoms with Gasteiger partial charge in [0.25, 0.3) is 0 Å². The quantitative estimate of drug-likeness (QED) is 0.810. The Kier molecular flexibility index (Phi) is 2.95. The average Bonchev–Trinajstić information content (AvgIpc) is 2.02. The molecule has 71 valence electrons. The van der Waals surface area contributed by atoms with Crippen molar-refractivity contribution < 1.29 is 8.42 Å². The Morgan fingerprint density at radius 2 is 2.23 bits per heavy atom. The van der Waals surface area contributed by atoms with Gasteiger partial charge < -0.3 is 5.73 Å². The van der Waals surface area contributed by atoms with Crippen molar-refractivity contribution in [2.24, 2.45) is 5.73 Å². The molecule has 0 spiro atoms. The molecule has 0 fully saturated rings. The van der Waals surface area contributed by atoms with Gasteiger partial charge in [0.05, 0.1) is 0 Å². The number of rotatable bonds is 2. The molecule has 0 aliphatic heterocycles. The van der Waals surface area contributed by atoms with E-state index in [1.807, 2.05) is 0 Å². The standard InChI is InChI=1S/C8H9ClNO2S/c1-13(11,12)8(10)6-4-2-3-5-7(6)9/h2,4-5,8H,10H2,1H3. The summed E-state index contributed by atoms with van der Waals surface area (Å²) in [7, 11) is -3.30. The lowest BCUT2D eigenvalue weighted by atomic mass is 10.2. The van der Waals surface area contributed by atoms with Crippen LogP contribution in [-0.4, -0.2) is 14.7 Å². The first-order chi connectivity index (χ1) is 5.93. The highest BCUT2D eigenvalue weighted by molar-refractivity contribution is 7.90. The van der Waals surface area contributed by atoms with E-state index >= 15 is 0 Å². The number of nitrogens with two attached hydrogens (primary N) is 1. The zero-order chi connectivity index (χ0) is 10.1. The maximum atomic E-state index is 11.1. The van der Waals surface area contributed by atoms with Crippen LogP contribution in [0.3, 0.4) is 0 Å². The molecular formula is C8H9ClNO2S. The van der Waals surface area contributed by atoms with Crippen LogP contribution in [0, 0.1) is 6.07 Å². The third-order valence-electron chi connectivity index (χ3n) is 1.61. The molecule has 0 bridgehead atoms. The number of hydrogen-bond acceptors (Lipinski definition) is 3. The Hall–Kier alpha value is -0.580. The smallest absolute Gasteiger partial charge is 0.167 e. The Bertz CT molecular complexity index is 402. The molecule has 3 nitrogen and oxygen atoms in total. The highest BCUT2D eigenvalue weighted by Gasteiger charge is 2.19. The van der Waals surface area contributed by atoms with Crippen LogP contribution in [0.2, 0.25) is 5.02 Å². The molecule has 0 heterocycles. The predicted molar refractivity (Wildman–Crippen MR) is 52.1 cm³/mol. The zero-order valence-corrected chi connectivity index (χ0v) is 8.56. The third kappa shape index (κ3) is 2.43. The SMILES string of the molecule is CS(=O)(=O)C(N)c1cc[c]cc1Cl. The zero-order valence-electron chi connectivity index (χ0n) is 6.99. The summed E-state index contributed by atoms with van der Waals surface area (Å²) in [5.41, 5.74) is 5.89. The van der Waals surface area contributed by atoms with Crippen LogP contribution in [0.25, 0.3) is 0 Å². The minimum Gasteiger partial charge on any atom is -0.311 e. The molecule has 13 heavy (non-hydrogen) atoms. The molecule has 0 aliphatic carbocycles. The minimum atomic E-state index is -3.30. The van der Waals surface area contributed by atoms with E-state index < -0.39 is 15.2 Å². The van der Waals surface area contributed by atoms with Crippen LogP contribution in [0.15, 0.2) is 18.2 Å². The Morgan fingerprint density at radius 1 is 1.62 bits per heavy atom. The molecular weight excluding hydrogens is 210 g/mol. The van der Waals surface area contributed by atoms with Gasteiger partial charge in [0.2, 0.25) is 0 Å². The van der Waals surface area contributed by atoms with E-state index in [1.165, 1.54) is 6.07 Å². The number of hydrogen-bond donors (Lipinski definition) is 1. The van der Waals surface area contributed by atoms with Gasteiger partial charge in [-0.05, 0) is 12.1 Å². The van der Waals surface area contributed by atoms with Gasteiger partial charge in [-0.1, -0.05) is 23.7 Å². The van der Waals surface area contributed by atoms with Crippen molar-refractivity contribution in [1.29, 1.82) is 0 Å². The first-order valence-electron chi connectivity index (χ1n) is 3.53. The monoisotopic (exact) mass is 218 g/mol. The topological polar surface area (TPSA) is 60.2 Å². The molecule has 1 radical (unpaired) electrons. The van der Waals surface area contributed by atoms with Crippen molar-refractivity contribution in [2.75, 3.05) is 6.26 Å². The summed E-state index contributed by atoms with van der Waals surface area (Å²) in [4.78, 5) is 0. The molecule has 1 unspecified atom stereocenters. The molecule has 0 saturated carbocycles. The average molecular weight is 219 g/mol. The Morgan fingerprint density at radius 3 is 2.69 bits per heavy atom.